The molecule has 3 nitrogen and oxygen atoms in total. The van der Waals surface area contributed by atoms with Crippen LogP contribution >= 0.6 is 11.3 Å². The molecule has 4 heteroatoms. The van der Waals surface area contributed by atoms with E-state index in [0.29, 0.717) is 5.95 Å². The van der Waals surface area contributed by atoms with Gasteiger partial charge in [0.2, 0.25) is 5.95 Å². The van der Waals surface area contributed by atoms with Gasteiger partial charge in [-0.05, 0) is 67.4 Å². The first-order chi connectivity index (χ1) is 27.8. The lowest BCUT2D eigenvalue weighted by Gasteiger charge is -2.15. The van der Waals surface area contributed by atoms with Crippen LogP contribution in [0, 0.1) is 0 Å². The van der Waals surface area contributed by atoms with Crippen LogP contribution in [0.4, 0.5) is 0 Å². The largest absolute Gasteiger partial charge is 0.277 e. The first-order valence-corrected chi connectivity index (χ1v) is 19.9. The lowest BCUT2D eigenvalue weighted by atomic mass is 9.91. The Balaban J connectivity index is 1.21. The van der Waals surface area contributed by atoms with Crippen molar-refractivity contribution in [3.8, 4) is 17.2 Å². The van der Waals surface area contributed by atoms with Crippen LogP contribution in [0.2, 0.25) is 0 Å². The summed E-state index contributed by atoms with van der Waals surface area (Å²) in [4.78, 5) is 11.2. The summed E-state index contributed by atoms with van der Waals surface area (Å²) >= 11 is 1.84. The summed E-state index contributed by atoms with van der Waals surface area (Å²) in [5.41, 5.74) is 5.16. The molecular weight excluding hydrogens is 699 g/mol. The molecule has 3 heterocycles. The van der Waals surface area contributed by atoms with E-state index in [1.165, 1.54) is 79.4 Å². The van der Waals surface area contributed by atoms with Crippen LogP contribution in [0.25, 0.3) is 124 Å². The van der Waals surface area contributed by atoms with Crippen LogP contribution in [-0.4, -0.2) is 14.5 Å². The Kier molecular flexibility index (Phi) is 6.04. The van der Waals surface area contributed by atoms with E-state index in [1.54, 1.807) is 0 Å². The zero-order valence-electron chi connectivity index (χ0n) is 30.0. The van der Waals surface area contributed by atoms with Crippen molar-refractivity contribution >= 4 is 118 Å². The Morgan fingerprint density at radius 3 is 1.75 bits per heavy atom. The van der Waals surface area contributed by atoms with Crippen molar-refractivity contribution in [1.29, 1.82) is 0 Å². The first-order valence-electron chi connectivity index (χ1n) is 19.1. The van der Waals surface area contributed by atoms with E-state index in [1.807, 2.05) is 11.3 Å². The van der Waals surface area contributed by atoms with Gasteiger partial charge in [0.05, 0.1) is 22.2 Å². The molecule has 0 spiro atoms. The normalized spacial score (nSPS) is 12.3. The first kappa shape index (κ1) is 30.2. The quantitative estimate of drug-likeness (QED) is 0.166. The van der Waals surface area contributed by atoms with Gasteiger partial charge in [-0.1, -0.05) is 152 Å². The van der Waals surface area contributed by atoms with Gasteiger partial charge in [-0.3, -0.25) is 4.57 Å². The molecule has 0 saturated carbocycles. The Labute approximate surface area is 324 Å². The topological polar surface area (TPSA) is 30.7 Å². The highest BCUT2D eigenvalue weighted by Gasteiger charge is 2.23. The van der Waals surface area contributed by atoms with Crippen LogP contribution in [0.15, 0.2) is 176 Å². The molecule has 0 atom stereocenters. The van der Waals surface area contributed by atoms with Gasteiger partial charge < -0.3 is 0 Å². The number of fused-ring (bicyclic) bond motifs is 18. The van der Waals surface area contributed by atoms with Crippen LogP contribution < -0.4 is 0 Å². The second-order valence-electron chi connectivity index (χ2n) is 14.9. The summed E-state index contributed by atoms with van der Waals surface area (Å²) < 4.78 is 4.89. The standard InChI is InChI=1S/C52H29N3S/c1-3-13-33-30(11-1)23-27-43-48(33)50(32-22-24-39-38-18-9-10-20-45(38)56-46(39)29-32)54-52(53-43)55-44-28-26-41-37-17-6-5-15-35(37)36-16-7-8-19-40(36)47(41)49(44)42-25-21-31-12-2-4-14-34(31)51(42)55/h1-29H. The molecule has 13 rings (SSSR count). The Morgan fingerprint density at radius 2 is 0.946 bits per heavy atom. The number of rotatable bonds is 2. The number of aromatic nitrogens is 3. The van der Waals surface area contributed by atoms with E-state index in [0.717, 1.165) is 38.6 Å². The van der Waals surface area contributed by atoms with E-state index in [9.17, 15) is 0 Å². The molecule has 0 saturated heterocycles. The van der Waals surface area contributed by atoms with E-state index in [-0.39, 0.29) is 0 Å². The number of nitrogens with zero attached hydrogens (tertiary/aromatic N) is 3. The molecule has 3 aromatic heterocycles. The maximum atomic E-state index is 5.68. The van der Waals surface area contributed by atoms with Gasteiger partial charge >= 0.3 is 0 Å². The second-order valence-corrected chi connectivity index (χ2v) is 15.9. The third-order valence-corrected chi connectivity index (χ3v) is 13.1. The predicted molar refractivity (Wildman–Crippen MR) is 240 cm³/mol. The summed E-state index contributed by atoms with van der Waals surface area (Å²) in [6, 6.07) is 64.1. The maximum absolute atomic E-state index is 5.68. The molecule has 0 N–H and O–H groups in total. The van der Waals surface area contributed by atoms with E-state index in [2.05, 4.69) is 180 Å². The van der Waals surface area contributed by atoms with Crippen molar-refractivity contribution < 1.29 is 0 Å². The number of benzene rings is 10. The third kappa shape index (κ3) is 4.06. The van der Waals surface area contributed by atoms with Gasteiger partial charge in [0, 0.05) is 52.7 Å². The zero-order chi connectivity index (χ0) is 36.5. The minimum Gasteiger partial charge on any atom is -0.277 e. The minimum atomic E-state index is 0.667. The molecule has 0 radical (unpaired) electrons. The van der Waals surface area contributed by atoms with Crippen molar-refractivity contribution in [2.75, 3.05) is 0 Å². The molecule has 0 amide bonds. The Bertz CT molecular complexity index is 3800. The van der Waals surface area contributed by atoms with E-state index < -0.39 is 0 Å². The van der Waals surface area contributed by atoms with Crippen LogP contribution in [0.3, 0.4) is 0 Å². The number of thiophene rings is 1. The maximum Gasteiger partial charge on any atom is 0.235 e. The summed E-state index contributed by atoms with van der Waals surface area (Å²) in [6.45, 7) is 0. The van der Waals surface area contributed by atoms with Crippen LogP contribution in [0.5, 0.6) is 0 Å². The smallest absolute Gasteiger partial charge is 0.235 e. The average Bonchev–Trinajstić information content (AvgIpc) is 3.81. The van der Waals surface area contributed by atoms with Gasteiger partial charge in [0.1, 0.15) is 0 Å². The molecule has 0 bridgehead atoms. The van der Waals surface area contributed by atoms with Gasteiger partial charge in [0.25, 0.3) is 0 Å². The summed E-state index contributed by atoms with van der Waals surface area (Å²) in [5.74, 6) is 0.667. The molecule has 56 heavy (non-hydrogen) atoms. The highest BCUT2D eigenvalue weighted by Crippen LogP contribution is 2.45. The summed E-state index contributed by atoms with van der Waals surface area (Å²) in [5, 5.41) is 18.3. The van der Waals surface area contributed by atoms with E-state index >= 15 is 0 Å². The number of hydrogen-bond acceptors (Lipinski definition) is 3. The van der Waals surface area contributed by atoms with Crippen molar-refractivity contribution in [3.05, 3.63) is 176 Å². The molecule has 0 unspecified atom stereocenters. The lowest BCUT2D eigenvalue weighted by molar-refractivity contribution is 1.02. The summed E-state index contributed by atoms with van der Waals surface area (Å²) in [6.07, 6.45) is 0. The third-order valence-electron chi connectivity index (χ3n) is 11.9. The zero-order valence-corrected chi connectivity index (χ0v) is 30.8. The minimum absolute atomic E-state index is 0.667. The van der Waals surface area contributed by atoms with Gasteiger partial charge in [0.15, 0.2) is 0 Å². The monoisotopic (exact) mass is 727 g/mol. The Hall–Kier alpha value is -7.14. The molecule has 258 valence electrons. The van der Waals surface area contributed by atoms with Crippen molar-refractivity contribution in [2.24, 2.45) is 0 Å². The van der Waals surface area contributed by atoms with Crippen molar-refractivity contribution in [1.82, 2.24) is 14.5 Å². The lowest BCUT2D eigenvalue weighted by Crippen LogP contribution is -2.04. The second kappa shape index (κ2) is 11.2. The SMILES string of the molecule is c1ccc2c(c1)ccc1nc(-n3c4ccc5c6ccccc6c6ccccc6c5c4c4ccc5ccccc5c43)nc(-c3ccc4c(c3)sc3ccccc34)c12. The fourth-order valence-corrected chi connectivity index (χ4v) is 10.7. The fourth-order valence-electron chi connectivity index (χ4n) is 9.54. The van der Waals surface area contributed by atoms with Crippen LogP contribution in [-0.2, 0) is 0 Å². The van der Waals surface area contributed by atoms with Gasteiger partial charge in [-0.25, -0.2) is 9.97 Å². The van der Waals surface area contributed by atoms with Crippen molar-refractivity contribution in [3.63, 3.8) is 0 Å². The molecule has 0 aliphatic heterocycles. The highest BCUT2D eigenvalue weighted by atomic mass is 32.1. The van der Waals surface area contributed by atoms with Crippen LogP contribution in [0.1, 0.15) is 0 Å². The van der Waals surface area contributed by atoms with Crippen molar-refractivity contribution in [2.45, 2.75) is 0 Å². The predicted octanol–water partition coefficient (Wildman–Crippen LogP) is 14.5. The molecule has 13 aromatic rings. The van der Waals surface area contributed by atoms with Gasteiger partial charge in [-0.15, -0.1) is 11.3 Å². The fraction of sp³-hybridized carbons (Fsp3) is 0. The highest BCUT2D eigenvalue weighted by molar-refractivity contribution is 7.25. The van der Waals surface area contributed by atoms with E-state index in [4.69, 9.17) is 9.97 Å². The number of hydrogen-bond donors (Lipinski definition) is 0. The Morgan fingerprint density at radius 1 is 0.375 bits per heavy atom. The summed E-state index contributed by atoms with van der Waals surface area (Å²) in [7, 11) is 0. The van der Waals surface area contributed by atoms with Gasteiger partial charge in [-0.2, -0.15) is 0 Å². The molecule has 10 aromatic carbocycles. The molecule has 0 fully saturated rings. The molecular formula is C52H29N3S. The average molecular weight is 728 g/mol. The molecule has 0 aliphatic rings. The molecule has 0 aliphatic carbocycles.